The Kier molecular flexibility index (Phi) is 4.74. The maximum absolute atomic E-state index is 12.4. The predicted octanol–water partition coefficient (Wildman–Crippen LogP) is 2.09. The van der Waals surface area contributed by atoms with Gasteiger partial charge in [-0.15, -0.1) is 0 Å². The summed E-state index contributed by atoms with van der Waals surface area (Å²) in [5, 5.41) is 6.87. The minimum Gasteiger partial charge on any atom is -0.387 e. The highest BCUT2D eigenvalue weighted by atomic mass is 32.2. The van der Waals surface area contributed by atoms with Gasteiger partial charge < -0.3 is 5.32 Å². The highest BCUT2D eigenvalue weighted by molar-refractivity contribution is 7.89. The number of nitrogens with zero attached hydrogens (tertiary/aromatic N) is 1. The van der Waals surface area contributed by atoms with E-state index in [4.69, 9.17) is 0 Å². The van der Waals surface area contributed by atoms with Crippen molar-refractivity contribution in [2.45, 2.75) is 24.3 Å². The van der Waals surface area contributed by atoms with Gasteiger partial charge in [0.25, 0.3) is 0 Å². The van der Waals surface area contributed by atoms with Crippen molar-refractivity contribution < 1.29 is 8.42 Å². The molecule has 20 heavy (non-hydrogen) atoms. The molecular formula is C13H17N3O2S2. The van der Waals surface area contributed by atoms with E-state index < -0.39 is 10.0 Å². The van der Waals surface area contributed by atoms with Gasteiger partial charge >= 0.3 is 0 Å². The van der Waals surface area contributed by atoms with Crippen molar-refractivity contribution in [1.29, 1.82) is 0 Å². The molecule has 0 aliphatic rings. The van der Waals surface area contributed by atoms with E-state index in [1.54, 1.807) is 30.6 Å². The van der Waals surface area contributed by atoms with Crippen LogP contribution in [0.25, 0.3) is 0 Å². The SMILES string of the molecule is CNc1ccncc1S(=O)(=O)NC(C)Cc1ccsc1. The molecule has 2 aromatic heterocycles. The van der Waals surface area contributed by atoms with Crippen LogP contribution in [0, 0.1) is 0 Å². The van der Waals surface area contributed by atoms with Gasteiger partial charge in [0, 0.05) is 25.5 Å². The molecule has 0 fully saturated rings. The summed E-state index contributed by atoms with van der Waals surface area (Å²) in [6, 6.07) is 3.45. The summed E-state index contributed by atoms with van der Waals surface area (Å²) < 4.78 is 27.4. The van der Waals surface area contributed by atoms with Gasteiger partial charge in [-0.1, -0.05) is 0 Å². The van der Waals surface area contributed by atoms with Crippen molar-refractivity contribution in [3.63, 3.8) is 0 Å². The van der Waals surface area contributed by atoms with E-state index in [-0.39, 0.29) is 10.9 Å². The van der Waals surface area contributed by atoms with Crippen LogP contribution in [0.1, 0.15) is 12.5 Å². The first-order valence-electron chi connectivity index (χ1n) is 6.18. The molecule has 1 atom stereocenters. The van der Waals surface area contributed by atoms with Gasteiger partial charge in [-0.05, 0) is 41.8 Å². The number of hydrogen-bond donors (Lipinski definition) is 2. The second kappa shape index (κ2) is 6.34. The Morgan fingerprint density at radius 1 is 1.40 bits per heavy atom. The average molecular weight is 311 g/mol. The number of pyridine rings is 1. The van der Waals surface area contributed by atoms with Gasteiger partial charge in [-0.3, -0.25) is 4.98 Å². The smallest absolute Gasteiger partial charge is 0.244 e. The summed E-state index contributed by atoms with van der Waals surface area (Å²) in [7, 11) is -1.89. The highest BCUT2D eigenvalue weighted by Crippen LogP contribution is 2.19. The molecule has 0 spiro atoms. The largest absolute Gasteiger partial charge is 0.387 e. The first-order valence-corrected chi connectivity index (χ1v) is 8.60. The molecule has 2 heterocycles. The normalized spacial score (nSPS) is 13.1. The van der Waals surface area contributed by atoms with Crippen LogP contribution in [0.5, 0.6) is 0 Å². The van der Waals surface area contributed by atoms with Crippen molar-refractivity contribution in [1.82, 2.24) is 9.71 Å². The second-order valence-electron chi connectivity index (χ2n) is 4.48. The van der Waals surface area contributed by atoms with Gasteiger partial charge in [-0.2, -0.15) is 11.3 Å². The highest BCUT2D eigenvalue weighted by Gasteiger charge is 2.21. The molecule has 0 saturated carbocycles. The lowest BCUT2D eigenvalue weighted by Crippen LogP contribution is -2.34. The molecule has 0 aliphatic heterocycles. The van der Waals surface area contributed by atoms with Crippen molar-refractivity contribution in [2.75, 3.05) is 12.4 Å². The third-order valence-electron chi connectivity index (χ3n) is 2.82. The van der Waals surface area contributed by atoms with Crippen LogP contribution >= 0.6 is 11.3 Å². The maximum Gasteiger partial charge on any atom is 0.244 e. The number of hydrogen-bond acceptors (Lipinski definition) is 5. The van der Waals surface area contributed by atoms with Crippen LogP contribution in [0.4, 0.5) is 5.69 Å². The average Bonchev–Trinajstić information content (AvgIpc) is 2.90. The minimum absolute atomic E-state index is 0.166. The molecule has 2 rings (SSSR count). The molecule has 108 valence electrons. The van der Waals surface area contributed by atoms with Crippen molar-refractivity contribution in [3.05, 3.63) is 40.8 Å². The number of rotatable bonds is 6. The van der Waals surface area contributed by atoms with Crippen LogP contribution in [-0.2, 0) is 16.4 Å². The first kappa shape index (κ1) is 15.0. The lowest BCUT2D eigenvalue weighted by molar-refractivity contribution is 0.560. The molecule has 0 saturated heterocycles. The molecule has 1 unspecified atom stereocenters. The fraction of sp³-hybridized carbons (Fsp3) is 0.308. The molecule has 0 amide bonds. The Balaban J connectivity index is 2.14. The van der Waals surface area contributed by atoms with E-state index in [1.807, 2.05) is 23.8 Å². The molecule has 0 radical (unpaired) electrons. The van der Waals surface area contributed by atoms with E-state index in [2.05, 4.69) is 15.0 Å². The van der Waals surface area contributed by atoms with Crippen LogP contribution in [0.3, 0.4) is 0 Å². The molecule has 0 aromatic carbocycles. The molecule has 0 aliphatic carbocycles. The third-order valence-corrected chi connectivity index (χ3v) is 5.17. The Morgan fingerprint density at radius 2 is 2.20 bits per heavy atom. The summed E-state index contributed by atoms with van der Waals surface area (Å²) in [5.41, 5.74) is 1.67. The van der Waals surface area contributed by atoms with Gasteiger partial charge in [0.2, 0.25) is 10.0 Å². The fourth-order valence-electron chi connectivity index (χ4n) is 1.93. The maximum atomic E-state index is 12.4. The van der Waals surface area contributed by atoms with Gasteiger partial charge in [0.05, 0.1) is 5.69 Å². The fourth-order valence-corrected chi connectivity index (χ4v) is 4.01. The molecular weight excluding hydrogens is 294 g/mol. The van der Waals surface area contributed by atoms with E-state index in [9.17, 15) is 8.42 Å². The standard InChI is InChI=1S/C13H17N3O2S2/c1-10(7-11-4-6-19-9-11)16-20(17,18)13-8-15-5-3-12(13)14-2/h3-6,8-10,16H,7H2,1-2H3,(H,14,15). The Labute approximate surface area is 123 Å². The Hall–Kier alpha value is -1.44. The summed E-state index contributed by atoms with van der Waals surface area (Å²) in [5.74, 6) is 0. The quantitative estimate of drug-likeness (QED) is 0.857. The molecule has 2 N–H and O–H groups in total. The van der Waals surface area contributed by atoms with Crippen LogP contribution in [-0.4, -0.2) is 26.5 Å². The summed E-state index contributed by atoms with van der Waals surface area (Å²) in [6.45, 7) is 1.85. The third kappa shape index (κ3) is 3.56. The zero-order chi connectivity index (χ0) is 14.6. The Bertz CT molecular complexity index is 654. The first-order chi connectivity index (χ1) is 9.53. The zero-order valence-corrected chi connectivity index (χ0v) is 13.0. The second-order valence-corrected chi connectivity index (χ2v) is 6.94. The van der Waals surface area contributed by atoms with Crippen LogP contribution in [0.2, 0.25) is 0 Å². The lowest BCUT2D eigenvalue weighted by Gasteiger charge is -2.15. The number of sulfonamides is 1. The van der Waals surface area contributed by atoms with Gasteiger partial charge in [-0.25, -0.2) is 13.1 Å². The van der Waals surface area contributed by atoms with Crippen molar-refractivity contribution in [2.24, 2.45) is 0 Å². The van der Waals surface area contributed by atoms with Crippen molar-refractivity contribution in [3.8, 4) is 0 Å². The minimum atomic E-state index is -3.58. The summed E-state index contributed by atoms with van der Waals surface area (Å²) in [6.07, 6.45) is 3.57. The predicted molar refractivity (Wildman–Crippen MR) is 81.6 cm³/mol. The van der Waals surface area contributed by atoms with Crippen LogP contribution < -0.4 is 10.0 Å². The van der Waals surface area contributed by atoms with E-state index >= 15 is 0 Å². The summed E-state index contributed by atoms with van der Waals surface area (Å²) in [4.78, 5) is 4.05. The van der Waals surface area contributed by atoms with Crippen molar-refractivity contribution >= 4 is 27.0 Å². The monoisotopic (exact) mass is 311 g/mol. The number of anilines is 1. The topological polar surface area (TPSA) is 71.1 Å². The molecule has 0 bridgehead atoms. The molecule has 7 heteroatoms. The van der Waals surface area contributed by atoms with E-state index in [0.717, 1.165) is 5.56 Å². The van der Waals surface area contributed by atoms with E-state index in [1.165, 1.54) is 6.20 Å². The van der Waals surface area contributed by atoms with Gasteiger partial charge in [0.1, 0.15) is 4.90 Å². The molecule has 5 nitrogen and oxygen atoms in total. The lowest BCUT2D eigenvalue weighted by atomic mass is 10.1. The number of nitrogens with one attached hydrogen (secondary N) is 2. The molecule has 2 aromatic rings. The number of aromatic nitrogens is 1. The van der Waals surface area contributed by atoms with E-state index in [0.29, 0.717) is 12.1 Å². The van der Waals surface area contributed by atoms with Gasteiger partial charge in [0.15, 0.2) is 0 Å². The number of thiophene rings is 1. The Morgan fingerprint density at radius 3 is 2.85 bits per heavy atom. The zero-order valence-electron chi connectivity index (χ0n) is 11.3. The van der Waals surface area contributed by atoms with Crippen LogP contribution in [0.15, 0.2) is 40.2 Å². The summed E-state index contributed by atoms with van der Waals surface area (Å²) >= 11 is 1.60.